The zero-order valence-corrected chi connectivity index (χ0v) is 21.7. The highest BCUT2D eigenvalue weighted by atomic mass is 16.9. The highest BCUT2D eigenvalue weighted by Crippen LogP contribution is 2.46. The Bertz CT molecular complexity index is 762. The summed E-state index contributed by atoms with van der Waals surface area (Å²) in [5.41, 5.74) is 0. The van der Waals surface area contributed by atoms with Gasteiger partial charge in [0.15, 0.2) is 35.7 Å². The molecule has 6 aliphatic rings. The maximum absolute atomic E-state index is 6.42. The molecule has 6 heterocycles. The lowest BCUT2D eigenvalue weighted by Crippen LogP contribution is -2.40. The van der Waals surface area contributed by atoms with Crippen molar-refractivity contribution in [3.05, 3.63) is 0 Å². The first kappa shape index (κ1) is 24.9. The largest absolute Gasteiger partial charge is 0.348 e. The molecule has 6 aliphatic heterocycles. The highest BCUT2D eigenvalue weighted by molar-refractivity contribution is 5.03. The van der Waals surface area contributed by atoms with Crippen molar-refractivity contribution in [2.45, 2.75) is 140 Å². The average Bonchev–Trinajstić information content (AvgIpc) is 3.51. The van der Waals surface area contributed by atoms with Gasteiger partial charge in [-0.25, -0.2) is 0 Å². The summed E-state index contributed by atoms with van der Waals surface area (Å²) in [7, 11) is 0. The fourth-order valence-electron chi connectivity index (χ4n) is 5.89. The third-order valence-corrected chi connectivity index (χ3v) is 7.16. The molecule has 0 N–H and O–H groups in total. The third-order valence-electron chi connectivity index (χ3n) is 7.16. The first-order chi connectivity index (χ1) is 16.2. The number of hydrogen-bond donors (Lipinski definition) is 0. The van der Waals surface area contributed by atoms with Crippen molar-refractivity contribution in [1.29, 1.82) is 0 Å². The molecule has 6 rings (SSSR count). The van der Waals surface area contributed by atoms with Crippen LogP contribution in [0.4, 0.5) is 0 Å². The van der Waals surface area contributed by atoms with Crippen LogP contribution in [0.5, 0.6) is 0 Å². The van der Waals surface area contributed by atoms with Gasteiger partial charge in [0.1, 0.15) is 48.8 Å². The summed E-state index contributed by atoms with van der Waals surface area (Å²) < 4.78 is 67.7. The van der Waals surface area contributed by atoms with Gasteiger partial charge < -0.3 is 52.1 Å². The van der Waals surface area contributed by atoms with E-state index in [4.69, 9.17) is 52.1 Å². The predicted molar refractivity (Wildman–Crippen MR) is 116 cm³/mol. The van der Waals surface area contributed by atoms with E-state index in [1.807, 2.05) is 55.4 Å². The number of hydrogen-bond acceptors (Lipinski definition) is 11. The fraction of sp³-hybridized carbons (Fsp3) is 1.00. The van der Waals surface area contributed by atoms with Crippen LogP contribution in [0.3, 0.4) is 0 Å². The van der Waals surface area contributed by atoms with Crippen LogP contribution < -0.4 is 0 Å². The molecule has 10 atom stereocenters. The second-order valence-corrected chi connectivity index (χ2v) is 11.9. The van der Waals surface area contributed by atoms with Crippen molar-refractivity contribution in [3.63, 3.8) is 0 Å². The van der Waals surface area contributed by atoms with E-state index in [1.165, 1.54) is 0 Å². The van der Waals surface area contributed by atoms with Crippen LogP contribution >= 0.6 is 0 Å². The van der Waals surface area contributed by atoms with Crippen LogP contribution in [0.25, 0.3) is 0 Å². The van der Waals surface area contributed by atoms with Gasteiger partial charge in [0.25, 0.3) is 0 Å². The molecule has 6 saturated heterocycles. The van der Waals surface area contributed by atoms with Crippen molar-refractivity contribution in [3.8, 4) is 0 Å². The van der Waals surface area contributed by atoms with Gasteiger partial charge in [-0.1, -0.05) is 0 Å². The molecule has 11 heteroatoms. The Morgan fingerprint density at radius 3 is 1.17 bits per heavy atom. The lowest BCUT2D eigenvalue weighted by Gasteiger charge is -2.29. The van der Waals surface area contributed by atoms with E-state index in [9.17, 15) is 0 Å². The Labute approximate surface area is 205 Å². The Morgan fingerprint density at radius 1 is 0.457 bits per heavy atom. The monoisotopic (exact) mass is 502 g/mol. The van der Waals surface area contributed by atoms with Gasteiger partial charge in [0, 0.05) is 0 Å². The van der Waals surface area contributed by atoms with Gasteiger partial charge in [0.05, 0.1) is 13.2 Å². The summed E-state index contributed by atoms with van der Waals surface area (Å²) in [6, 6.07) is 0. The van der Waals surface area contributed by atoms with Crippen molar-refractivity contribution < 1.29 is 52.1 Å². The molecule has 0 aromatic rings. The summed E-state index contributed by atoms with van der Waals surface area (Å²) in [6.07, 6.45) is -4.69. The molecule has 0 bridgehead atoms. The van der Waals surface area contributed by atoms with E-state index in [-0.39, 0.29) is 24.4 Å². The van der Waals surface area contributed by atoms with E-state index in [0.717, 1.165) is 0 Å². The number of fused-ring (bicyclic) bond motifs is 2. The second-order valence-electron chi connectivity index (χ2n) is 11.9. The van der Waals surface area contributed by atoms with Crippen molar-refractivity contribution in [2.75, 3.05) is 13.2 Å². The highest BCUT2D eigenvalue weighted by Gasteiger charge is 2.64. The summed E-state index contributed by atoms with van der Waals surface area (Å²) >= 11 is 0. The molecule has 0 amide bonds. The lowest BCUT2D eigenvalue weighted by molar-refractivity contribution is -0.310. The van der Waals surface area contributed by atoms with Crippen LogP contribution in [0.2, 0.25) is 0 Å². The summed E-state index contributed by atoms with van der Waals surface area (Å²) in [5.74, 6) is -2.95. The zero-order chi connectivity index (χ0) is 25.0. The van der Waals surface area contributed by atoms with Crippen molar-refractivity contribution >= 4 is 0 Å². The zero-order valence-electron chi connectivity index (χ0n) is 21.7. The molecule has 200 valence electrons. The molecule has 35 heavy (non-hydrogen) atoms. The van der Waals surface area contributed by atoms with Gasteiger partial charge in [-0.2, -0.15) is 0 Å². The Morgan fingerprint density at radius 2 is 0.829 bits per heavy atom. The molecule has 0 aliphatic carbocycles. The van der Waals surface area contributed by atoms with Crippen molar-refractivity contribution in [2.24, 2.45) is 0 Å². The van der Waals surface area contributed by atoms with E-state index in [0.29, 0.717) is 13.2 Å². The average molecular weight is 503 g/mol. The van der Waals surface area contributed by atoms with Gasteiger partial charge in [-0.3, -0.25) is 0 Å². The normalized spacial score (nSPS) is 51.1. The molecule has 11 nitrogen and oxygen atoms in total. The van der Waals surface area contributed by atoms with Gasteiger partial charge in [-0.15, -0.1) is 0 Å². The van der Waals surface area contributed by atoms with E-state index in [2.05, 4.69) is 0 Å². The molecule has 6 fully saturated rings. The van der Waals surface area contributed by atoms with Crippen molar-refractivity contribution in [1.82, 2.24) is 0 Å². The van der Waals surface area contributed by atoms with Crippen LogP contribution in [0.15, 0.2) is 0 Å². The first-order valence-corrected chi connectivity index (χ1v) is 12.5. The standard InChI is InChI=1S/C24H38O11/c1-21(2)25-9-11(30-21)13-15-17(34-23(5,6)32-15)19(27-13)29-20-18-16(33-24(7,8)35-18)14(28-20)12-10-26-22(3,4)31-12/h11-20H,9-10H2,1-8H3/t11-,12-,13+,14+,15-,16-,17-,18-,19+,20+/m0/s1. The number of ether oxygens (including phenoxy) is 11. The smallest absolute Gasteiger partial charge is 0.190 e. The topological polar surface area (TPSA) is 102 Å². The molecule has 0 saturated carbocycles. The summed E-state index contributed by atoms with van der Waals surface area (Å²) in [4.78, 5) is 0. The van der Waals surface area contributed by atoms with E-state index in [1.54, 1.807) is 0 Å². The Kier molecular flexibility index (Phi) is 5.71. The molecule has 0 spiro atoms. The maximum atomic E-state index is 6.42. The van der Waals surface area contributed by atoms with Crippen LogP contribution in [-0.4, -0.2) is 97.8 Å². The van der Waals surface area contributed by atoms with Crippen LogP contribution in [-0.2, 0) is 52.1 Å². The van der Waals surface area contributed by atoms with Gasteiger partial charge >= 0.3 is 0 Å². The van der Waals surface area contributed by atoms with Crippen LogP contribution in [0, 0.1) is 0 Å². The van der Waals surface area contributed by atoms with Gasteiger partial charge in [-0.05, 0) is 55.4 Å². The molecular formula is C24H38O11. The van der Waals surface area contributed by atoms with Crippen LogP contribution in [0.1, 0.15) is 55.4 Å². The summed E-state index contributed by atoms with van der Waals surface area (Å²) in [6.45, 7) is 15.8. The molecule has 0 aromatic carbocycles. The maximum Gasteiger partial charge on any atom is 0.190 e. The molecular weight excluding hydrogens is 464 g/mol. The fourth-order valence-corrected chi connectivity index (χ4v) is 5.89. The molecule has 0 unspecified atom stereocenters. The van der Waals surface area contributed by atoms with E-state index >= 15 is 0 Å². The Hall–Kier alpha value is -0.440. The molecule has 0 radical (unpaired) electrons. The van der Waals surface area contributed by atoms with Gasteiger partial charge in [0.2, 0.25) is 0 Å². The minimum atomic E-state index is -0.787. The lowest BCUT2D eigenvalue weighted by atomic mass is 10.1. The number of rotatable bonds is 4. The third kappa shape index (κ3) is 4.57. The minimum Gasteiger partial charge on any atom is -0.348 e. The first-order valence-electron chi connectivity index (χ1n) is 12.5. The quantitative estimate of drug-likeness (QED) is 0.562. The Balaban J connectivity index is 1.20. The predicted octanol–water partition coefficient (Wildman–Crippen LogP) is 1.80. The molecule has 0 aromatic heterocycles. The minimum absolute atomic E-state index is 0.315. The van der Waals surface area contributed by atoms with E-state index < -0.39 is 60.1 Å². The SMILES string of the molecule is CC1(C)O[C@@H]2[C@H](O1)[C@@H](O[C@H]1O[C@H]([C@@H]3COC(C)(C)O3)[C@@H]3OC(C)(C)O[C@H]13)O[C@@H]2[C@@H]1COC(C)(C)O1. The second kappa shape index (κ2) is 8.03. The summed E-state index contributed by atoms with van der Waals surface area (Å²) in [5, 5.41) is 0.